The average Bonchev–Trinajstić information content (AvgIpc) is 3.03. The monoisotopic (exact) mass is 338 g/mol. The quantitative estimate of drug-likeness (QED) is 0.887. The predicted molar refractivity (Wildman–Crippen MR) is 93.4 cm³/mol. The lowest BCUT2D eigenvalue weighted by molar-refractivity contribution is -0.135. The van der Waals surface area contributed by atoms with E-state index < -0.39 is 0 Å². The highest BCUT2D eigenvalue weighted by molar-refractivity contribution is 5.85. The van der Waals surface area contributed by atoms with Crippen molar-refractivity contribution in [3.63, 3.8) is 0 Å². The molecule has 1 amide bonds. The lowest BCUT2D eigenvalue weighted by atomic mass is 9.88. The first kappa shape index (κ1) is 18.2. The number of carbonyl (C=O) groups is 1. The fourth-order valence-corrected chi connectivity index (χ4v) is 3.82. The zero-order chi connectivity index (χ0) is 15.4. The molecule has 1 saturated carbocycles. The number of amides is 1. The van der Waals surface area contributed by atoms with Crippen LogP contribution in [0, 0.1) is 11.8 Å². The van der Waals surface area contributed by atoms with Crippen LogP contribution in [-0.4, -0.2) is 25.1 Å². The molecule has 3 rings (SSSR count). The third-order valence-corrected chi connectivity index (χ3v) is 5.08. The van der Waals surface area contributed by atoms with Crippen LogP contribution < -0.4 is 11.1 Å². The molecule has 1 aliphatic heterocycles. The van der Waals surface area contributed by atoms with Crippen LogP contribution in [0.25, 0.3) is 0 Å². The Balaban J connectivity index is 0.00000192. The highest BCUT2D eigenvalue weighted by atomic mass is 35.5. The van der Waals surface area contributed by atoms with Gasteiger partial charge in [-0.15, -0.1) is 12.4 Å². The van der Waals surface area contributed by atoms with E-state index in [4.69, 9.17) is 10.5 Å². The van der Waals surface area contributed by atoms with E-state index in [-0.39, 0.29) is 36.4 Å². The highest BCUT2D eigenvalue weighted by Crippen LogP contribution is 2.34. The third-order valence-electron chi connectivity index (χ3n) is 5.08. The van der Waals surface area contributed by atoms with E-state index in [1.807, 2.05) is 18.2 Å². The van der Waals surface area contributed by atoms with Crippen LogP contribution in [0.5, 0.6) is 0 Å². The van der Waals surface area contributed by atoms with Crippen LogP contribution in [0.4, 0.5) is 0 Å². The van der Waals surface area contributed by atoms with Gasteiger partial charge in [0.2, 0.25) is 5.91 Å². The van der Waals surface area contributed by atoms with E-state index >= 15 is 0 Å². The van der Waals surface area contributed by atoms with Crippen LogP contribution in [0.1, 0.15) is 43.8 Å². The van der Waals surface area contributed by atoms with Gasteiger partial charge in [-0.3, -0.25) is 4.79 Å². The Labute approximate surface area is 144 Å². The second-order valence-corrected chi connectivity index (χ2v) is 6.49. The minimum absolute atomic E-state index is 0. The lowest BCUT2D eigenvalue weighted by Gasteiger charge is -2.32. The number of nitrogens with two attached hydrogens (primary N) is 1. The largest absolute Gasteiger partial charge is 0.373 e. The van der Waals surface area contributed by atoms with Gasteiger partial charge in [0.25, 0.3) is 0 Å². The van der Waals surface area contributed by atoms with E-state index in [9.17, 15) is 4.79 Å². The second kappa shape index (κ2) is 8.67. The summed E-state index contributed by atoms with van der Waals surface area (Å²) in [6.07, 6.45) is 5.07. The van der Waals surface area contributed by atoms with Crippen LogP contribution >= 0.6 is 12.4 Å². The van der Waals surface area contributed by atoms with Gasteiger partial charge in [-0.25, -0.2) is 0 Å². The summed E-state index contributed by atoms with van der Waals surface area (Å²) in [5.74, 6) is 0.484. The van der Waals surface area contributed by atoms with Crippen LogP contribution in [0.3, 0.4) is 0 Å². The highest BCUT2D eigenvalue weighted by Gasteiger charge is 2.35. The number of hydrogen-bond donors (Lipinski definition) is 2. The zero-order valence-corrected chi connectivity index (χ0v) is 14.3. The molecule has 2 fully saturated rings. The van der Waals surface area contributed by atoms with E-state index in [1.165, 1.54) is 0 Å². The smallest absolute Gasteiger partial charge is 0.226 e. The standard InChI is InChI=1S/C18H26N2O2.ClH/c19-12-14-8-4-10-16(14)20-18(21)15-9-5-11-22-17(15)13-6-2-1-3-7-13;/h1-3,6-7,14-17H,4-5,8-12,19H2,(H,20,21);1H. The topological polar surface area (TPSA) is 64.3 Å². The van der Waals surface area contributed by atoms with Gasteiger partial charge in [0.15, 0.2) is 0 Å². The average molecular weight is 339 g/mol. The van der Waals surface area contributed by atoms with Crippen molar-refractivity contribution in [3.8, 4) is 0 Å². The molecular formula is C18H27ClN2O2. The Morgan fingerprint density at radius 1 is 1.17 bits per heavy atom. The Hall–Kier alpha value is -1.10. The number of benzene rings is 1. The predicted octanol–water partition coefficient (Wildman–Crippen LogP) is 2.82. The summed E-state index contributed by atoms with van der Waals surface area (Å²) in [4.78, 5) is 12.8. The van der Waals surface area contributed by atoms with Crippen LogP contribution in [0.2, 0.25) is 0 Å². The molecule has 1 heterocycles. The third kappa shape index (κ3) is 4.25. The molecule has 1 saturated heterocycles. The summed E-state index contributed by atoms with van der Waals surface area (Å²) in [5, 5.41) is 3.25. The molecule has 1 aromatic rings. The first-order valence-corrected chi connectivity index (χ1v) is 8.46. The molecule has 128 valence electrons. The molecule has 4 atom stereocenters. The fourth-order valence-electron chi connectivity index (χ4n) is 3.82. The summed E-state index contributed by atoms with van der Waals surface area (Å²) in [6, 6.07) is 10.3. The maximum absolute atomic E-state index is 12.8. The second-order valence-electron chi connectivity index (χ2n) is 6.49. The van der Waals surface area contributed by atoms with Gasteiger partial charge in [0.1, 0.15) is 0 Å². The summed E-state index contributed by atoms with van der Waals surface area (Å²) in [6.45, 7) is 1.40. The van der Waals surface area contributed by atoms with Gasteiger partial charge in [-0.2, -0.15) is 0 Å². The molecule has 4 unspecified atom stereocenters. The molecule has 3 N–H and O–H groups in total. The van der Waals surface area contributed by atoms with E-state index in [1.54, 1.807) is 0 Å². The van der Waals surface area contributed by atoms with Gasteiger partial charge in [0, 0.05) is 12.6 Å². The molecule has 1 aliphatic carbocycles. The molecule has 0 aromatic heterocycles. The molecule has 0 radical (unpaired) electrons. The maximum Gasteiger partial charge on any atom is 0.226 e. The Bertz CT molecular complexity index is 497. The van der Waals surface area contributed by atoms with Crippen molar-refractivity contribution in [2.24, 2.45) is 17.6 Å². The molecular weight excluding hydrogens is 312 g/mol. The minimum Gasteiger partial charge on any atom is -0.373 e. The molecule has 4 nitrogen and oxygen atoms in total. The van der Waals surface area contributed by atoms with Gasteiger partial charge >= 0.3 is 0 Å². The van der Waals surface area contributed by atoms with Crippen molar-refractivity contribution in [1.29, 1.82) is 0 Å². The normalized spacial score (nSPS) is 30.5. The Kier molecular flexibility index (Phi) is 6.88. The molecule has 0 bridgehead atoms. The summed E-state index contributed by atoms with van der Waals surface area (Å²) < 4.78 is 5.93. The number of ether oxygens (including phenoxy) is 1. The SMILES string of the molecule is Cl.NCC1CCCC1NC(=O)C1CCCOC1c1ccccc1. The van der Waals surface area contributed by atoms with Gasteiger partial charge < -0.3 is 15.8 Å². The lowest BCUT2D eigenvalue weighted by Crippen LogP contribution is -2.45. The van der Waals surface area contributed by atoms with Crippen molar-refractivity contribution >= 4 is 18.3 Å². The molecule has 2 aliphatic rings. The molecule has 1 aromatic carbocycles. The number of hydrogen-bond acceptors (Lipinski definition) is 3. The summed E-state index contributed by atoms with van der Waals surface area (Å²) >= 11 is 0. The molecule has 23 heavy (non-hydrogen) atoms. The van der Waals surface area contributed by atoms with Gasteiger partial charge in [-0.05, 0) is 43.7 Å². The Morgan fingerprint density at radius 3 is 2.70 bits per heavy atom. The van der Waals surface area contributed by atoms with Gasteiger partial charge in [-0.1, -0.05) is 36.8 Å². The van der Waals surface area contributed by atoms with E-state index in [0.29, 0.717) is 12.5 Å². The minimum atomic E-state index is -0.118. The van der Waals surface area contributed by atoms with Crippen molar-refractivity contribution < 1.29 is 9.53 Å². The molecule has 5 heteroatoms. The molecule has 0 spiro atoms. The van der Waals surface area contributed by atoms with Crippen LogP contribution in [-0.2, 0) is 9.53 Å². The number of carbonyl (C=O) groups excluding carboxylic acids is 1. The van der Waals surface area contributed by atoms with E-state index in [0.717, 1.165) is 44.3 Å². The number of halogens is 1. The van der Waals surface area contributed by atoms with Crippen molar-refractivity contribution in [3.05, 3.63) is 35.9 Å². The van der Waals surface area contributed by atoms with E-state index in [2.05, 4.69) is 17.4 Å². The fraction of sp³-hybridized carbons (Fsp3) is 0.611. The maximum atomic E-state index is 12.8. The number of rotatable bonds is 4. The first-order chi connectivity index (χ1) is 10.8. The zero-order valence-electron chi connectivity index (χ0n) is 13.4. The van der Waals surface area contributed by atoms with Crippen molar-refractivity contribution in [2.45, 2.75) is 44.2 Å². The Morgan fingerprint density at radius 2 is 1.96 bits per heavy atom. The van der Waals surface area contributed by atoms with Gasteiger partial charge in [0.05, 0.1) is 12.0 Å². The van der Waals surface area contributed by atoms with Crippen LogP contribution in [0.15, 0.2) is 30.3 Å². The van der Waals surface area contributed by atoms with Crippen molar-refractivity contribution in [1.82, 2.24) is 5.32 Å². The van der Waals surface area contributed by atoms with Crippen molar-refractivity contribution in [2.75, 3.05) is 13.2 Å². The summed E-state index contributed by atoms with van der Waals surface area (Å²) in [7, 11) is 0. The summed E-state index contributed by atoms with van der Waals surface area (Å²) in [5.41, 5.74) is 6.92. The number of nitrogens with one attached hydrogen (secondary N) is 1. The first-order valence-electron chi connectivity index (χ1n) is 8.46.